The maximum absolute atomic E-state index is 12.8. The molecular weight excluding hydrogens is 384 g/mol. The van der Waals surface area contributed by atoms with E-state index in [4.69, 9.17) is 4.74 Å². The third kappa shape index (κ3) is 4.13. The van der Waals surface area contributed by atoms with Gasteiger partial charge in [-0.1, -0.05) is 13.8 Å². The standard InChI is InChI=1S/C20H26N8O2/c1-4-27(5-2)26-19(29)16-12-23-18-15(21-3)11-17(25-28(16)18)24-14-7-6-10-22-20(14)30-13-8-9-13/h6-7,10-13,21H,4-5,8-9H2,1-3H3,(H,24,25)(H,26,29). The van der Waals surface area contributed by atoms with Gasteiger partial charge in [0.15, 0.2) is 17.2 Å². The van der Waals surface area contributed by atoms with Gasteiger partial charge in [0, 0.05) is 32.4 Å². The predicted molar refractivity (Wildman–Crippen MR) is 114 cm³/mol. The van der Waals surface area contributed by atoms with Crippen molar-refractivity contribution in [2.75, 3.05) is 30.8 Å². The molecule has 0 atom stereocenters. The number of aromatic nitrogens is 4. The van der Waals surface area contributed by atoms with Gasteiger partial charge in [0.05, 0.1) is 11.9 Å². The highest BCUT2D eigenvalue weighted by molar-refractivity contribution is 5.93. The third-order valence-electron chi connectivity index (χ3n) is 4.83. The first-order chi connectivity index (χ1) is 14.6. The molecule has 3 heterocycles. The van der Waals surface area contributed by atoms with Gasteiger partial charge in [-0.2, -0.15) is 0 Å². The predicted octanol–water partition coefficient (Wildman–Crippen LogP) is 2.44. The minimum atomic E-state index is -0.267. The van der Waals surface area contributed by atoms with Crippen LogP contribution < -0.4 is 20.8 Å². The number of pyridine rings is 1. The Labute approximate surface area is 174 Å². The summed E-state index contributed by atoms with van der Waals surface area (Å²) in [5.41, 5.74) is 5.24. The van der Waals surface area contributed by atoms with E-state index in [0.29, 0.717) is 41.8 Å². The summed E-state index contributed by atoms with van der Waals surface area (Å²) >= 11 is 0. The van der Waals surface area contributed by atoms with E-state index in [2.05, 4.69) is 31.1 Å². The normalized spacial score (nSPS) is 13.5. The largest absolute Gasteiger partial charge is 0.473 e. The summed E-state index contributed by atoms with van der Waals surface area (Å²) < 4.78 is 7.41. The van der Waals surface area contributed by atoms with E-state index in [9.17, 15) is 4.79 Å². The molecule has 1 aliphatic rings. The number of carbonyl (C=O) groups excluding carboxylic acids is 1. The van der Waals surface area contributed by atoms with Crippen molar-refractivity contribution in [1.82, 2.24) is 30.0 Å². The van der Waals surface area contributed by atoms with Gasteiger partial charge in [-0.15, -0.1) is 5.10 Å². The lowest BCUT2D eigenvalue weighted by atomic mass is 10.3. The summed E-state index contributed by atoms with van der Waals surface area (Å²) in [6.45, 7) is 5.36. The summed E-state index contributed by atoms with van der Waals surface area (Å²) in [6, 6.07) is 5.56. The first-order valence-electron chi connectivity index (χ1n) is 10.1. The lowest BCUT2D eigenvalue weighted by molar-refractivity contribution is 0.0798. The van der Waals surface area contributed by atoms with Crippen LogP contribution in [0.25, 0.3) is 5.65 Å². The molecule has 0 unspecified atom stereocenters. The Bertz CT molecular complexity index is 1040. The summed E-state index contributed by atoms with van der Waals surface area (Å²) in [5.74, 6) is 0.811. The zero-order valence-electron chi connectivity index (χ0n) is 17.3. The van der Waals surface area contributed by atoms with Crippen molar-refractivity contribution in [2.24, 2.45) is 0 Å². The van der Waals surface area contributed by atoms with E-state index in [1.54, 1.807) is 13.2 Å². The quantitative estimate of drug-likeness (QED) is 0.462. The topological polar surface area (TPSA) is 109 Å². The lowest BCUT2D eigenvalue weighted by Gasteiger charge is -2.19. The zero-order chi connectivity index (χ0) is 21.1. The van der Waals surface area contributed by atoms with Gasteiger partial charge in [-0.3, -0.25) is 10.2 Å². The molecule has 4 rings (SSSR count). The van der Waals surface area contributed by atoms with Gasteiger partial charge in [-0.25, -0.2) is 19.5 Å². The van der Waals surface area contributed by atoms with Crippen molar-refractivity contribution in [3.63, 3.8) is 0 Å². The molecule has 3 aromatic heterocycles. The van der Waals surface area contributed by atoms with Crippen LogP contribution in [-0.4, -0.2) is 56.7 Å². The first kappa shape index (κ1) is 19.9. The summed E-state index contributed by atoms with van der Waals surface area (Å²) in [5, 5.41) is 12.8. The number of fused-ring (bicyclic) bond motifs is 1. The SMILES string of the molecule is CCN(CC)NC(=O)c1cnc2c(NC)cc(Nc3cccnc3OC3CC3)nn12. The minimum Gasteiger partial charge on any atom is -0.473 e. The van der Waals surface area contributed by atoms with E-state index in [1.165, 1.54) is 10.7 Å². The Balaban J connectivity index is 1.67. The van der Waals surface area contributed by atoms with Crippen molar-refractivity contribution < 1.29 is 9.53 Å². The fraction of sp³-hybridized carbons (Fsp3) is 0.400. The maximum Gasteiger partial charge on any atom is 0.285 e. The van der Waals surface area contributed by atoms with Crippen LogP contribution in [-0.2, 0) is 0 Å². The minimum absolute atomic E-state index is 0.229. The molecule has 30 heavy (non-hydrogen) atoms. The number of nitrogens with one attached hydrogen (secondary N) is 3. The molecule has 1 aliphatic carbocycles. The highest BCUT2D eigenvalue weighted by Gasteiger charge is 2.25. The third-order valence-corrected chi connectivity index (χ3v) is 4.83. The maximum atomic E-state index is 12.8. The molecule has 0 aliphatic heterocycles. The molecule has 3 aromatic rings. The first-order valence-corrected chi connectivity index (χ1v) is 10.1. The molecule has 0 spiro atoms. The van der Waals surface area contributed by atoms with E-state index in [1.807, 2.05) is 37.1 Å². The van der Waals surface area contributed by atoms with Crippen LogP contribution in [0.3, 0.4) is 0 Å². The Hall–Kier alpha value is -3.40. The number of hydrogen-bond acceptors (Lipinski definition) is 8. The highest BCUT2D eigenvalue weighted by atomic mass is 16.5. The highest BCUT2D eigenvalue weighted by Crippen LogP contribution is 2.32. The molecule has 0 aromatic carbocycles. The van der Waals surface area contributed by atoms with Gasteiger partial charge in [0.1, 0.15) is 11.8 Å². The molecule has 1 amide bonds. The second-order valence-electron chi connectivity index (χ2n) is 6.98. The fourth-order valence-electron chi connectivity index (χ4n) is 3.01. The van der Waals surface area contributed by atoms with Gasteiger partial charge in [-0.05, 0) is 25.0 Å². The van der Waals surface area contributed by atoms with E-state index in [0.717, 1.165) is 18.5 Å². The van der Waals surface area contributed by atoms with Crippen LogP contribution >= 0.6 is 0 Å². The fourth-order valence-corrected chi connectivity index (χ4v) is 3.01. The number of hydrogen-bond donors (Lipinski definition) is 3. The van der Waals surface area contributed by atoms with Crippen molar-refractivity contribution in [1.29, 1.82) is 0 Å². The molecule has 0 radical (unpaired) electrons. The number of hydrazine groups is 1. The molecule has 3 N–H and O–H groups in total. The van der Waals surface area contributed by atoms with Crippen molar-refractivity contribution in [3.05, 3.63) is 36.3 Å². The van der Waals surface area contributed by atoms with E-state index >= 15 is 0 Å². The van der Waals surface area contributed by atoms with Crippen LogP contribution in [0.2, 0.25) is 0 Å². The Morgan fingerprint density at radius 1 is 1.27 bits per heavy atom. The second-order valence-corrected chi connectivity index (χ2v) is 6.98. The summed E-state index contributed by atoms with van der Waals surface area (Å²) in [4.78, 5) is 21.5. The van der Waals surface area contributed by atoms with Crippen LogP contribution in [0, 0.1) is 0 Å². The number of amides is 1. The van der Waals surface area contributed by atoms with Crippen molar-refractivity contribution in [2.45, 2.75) is 32.8 Å². The average Bonchev–Trinajstić information content (AvgIpc) is 3.48. The number of imidazole rings is 1. The van der Waals surface area contributed by atoms with Gasteiger partial charge >= 0.3 is 0 Å². The second kappa shape index (κ2) is 8.54. The molecule has 158 valence electrons. The Morgan fingerprint density at radius 2 is 2.07 bits per heavy atom. The molecule has 1 fully saturated rings. The Morgan fingerprint density at radius 3 is 2.77 bits per heavy atom. The van der Waals surface area contributed by atoms with Gasteiger partial charge in [0.25, 0.3) is 5.91 Å². The number of ether oxygens (including phenoxy) is 1. The van der Waals surface area contributed by atoms with Crippen LogP contribution in [0.1, 0.15) is 37.2 Å². The average molecular weight is 410 g/mol. The molecule has 10 nitrogen and oxygen atoms in total. The molecule has 0 saturated heterocycles. The van der Waals surface area contributed by atoms with Crippen LogP contribution in [0.4, 0.5) is 17.2 Å². The number of anilines is 3. The van der Waals surface area contributed by atoms with Gasteiger partial charge < -0.3 is 15.4 Å². The molecule has 10 heteroatoms. The smallest absolute Gasteiger partial charge is 0.285 e. The van der Waals surface area contributed by atoms with Crippen LogP contribution in [0.5, 0.6) is 5.88 Å². The Kier molecular flexibility index (Phi) is 5.66. The lowest BCUT2D eigenvalue weighted by Crippen LogP contribution is -2.42. The monoisotopic (exact) mass is 410 g/mol. The van der Waals surface area contributed by atoms with Gasteiger partial charge in [0.2, 0.25) is 5.88 Å². The summed E-state index contributed by atoms with van der Waals surface area (Å²) in [6.07, 6.45) is 5.54. The molecular formula is C20H26N8O2. The zero-order valence-corrected chi connectivity index (χ0v) is 17.3. The van der Waals surface area contributed by atoms with Crippen LogP contribution in [0.15, 0.2) is 30.6 Å². The number of carbonyl (C=O) groups is 1. The van der Waals surface area contributed by atoms with E-state index < -0.39 is 0 Å². The van der Waals surface area contributed by atoms with E-state index in [-0.39, 0.29) is 12.0 Å². The number of nitrogens with zero attached hydrogens (tertiary/aromatic N) is 5. The number of rotatable bonds is 9. The molecule has 1 saturated carbocycles. The van der Waals surface area contributed by atoms with Crippen molar-refractivity contribution in [3.8, 4) is 5.88 Å². The summed E-state index contributed by atoms with van der Waals surface area (Å²) in [7, 11) is 1.80. The van der Waals surface area contributed by atoms with Crippen molar-refractivity contribution >= 4 is 28.7 Å². The molecule has 0 bridgehead atoms.